The van der Waals surface area contributed by atoms with Crippen LogP contribution in [-0.4, -0.2) is 31.4 Å². The van der Waals surface area contributed by atoms with E-state index in [9.17, 15) is 18.0 Å². The molecule has 8 heteroatoms. The maximum atomic E-state index is 12.2. The van der Waals surface area contributed by atoms with E-state index in [1.54, 1.807) is 6.92 Å². The molecule has 114 valence electrons. The van der Waals surface area contributed by atoms with Gasteiger partial charge in [-0.05, 0) is 30.2 Å². The third-order valence-electron chi connectivity index (χ3n) is 3.18. The van der Waals surface area contributed by atoms with E-state index in [4.69, 9.17) is 5.11 Å². The van der Waals surface area contributed by atoms with Crippen molar-refractivity contribution in [1.29, 1.82) is 0 Å². The van der Waals surface area contributed by atoms with Gasteiger partial charge in [-0.15, -0.1) is 0 Å². The molecule has 7 nitrogen and oxygen atoms in total. The minimum atomic E-state index is -3.94. The maximum Gasteiger partial charge on any atom is 0.321 e. The van der Waals surface area contributed by atoms with Crippen LogP contribution in [0, 0.1) is 0 Å². The van der Waals surface area contributed by atoms with Crippen LogP contribution >= 0.6 is 0 Å². The van der Waals surface area contributed by atoms with Crippen LogP contribution in [0.5, 0.6) is 0 Å². The summed E-state index contributed by atoms with van der Waals surface area (Å²) in [6.07, 6.45) is 0.873. The molecule has 3 N–H and O–H groups in total. The maximum absolute atomic E-state index is 12.2. The molecule has 1 aromatic rings. The van der Waals surface area contributed by atoms with Crippen molar-refractivity contribution in [2.75, 3.05) is 5.32 Å². The van der Waals surface area contributed by atoms with Gasteiger partial charge in [0.25, 0.3) is 0 Å². The number of hydrogen-bond donors (Lipinski definition) is 3. The molecule has 1 aliphatic rings. The van der Waals surface area contributed by atoms with Gasteiger partial charge in [0.1, 0.15) is 6.04 Å². The van der Waals surface area contributed by atoms with E-state index in [2.05, 4.69) is 10.0 Å². The fourth-order valence-corrected chi connectivity index (χ4v) is 3.42. The SMILES string of the molecule is CCCC(NS(=O)(=O)c1ccc2c(c1)CC(=O)N2)C(=O)O. The normalized spacial score (nSPS) is 15.4. The highest BCUT2D eigenvalue weighted by Gasteiger charge is 2.26. The Bertz CT molecular complexity index is 684. The average Bonchev–Trinajstić information content (AvgIpc) is 2.76. The number of rotatable bonds is 6. The minimum Gasteiger partial charge on any atom is -0.480 e. The van der Waals surface area contributed by atoms with Crippen molar-refractivity contribution < 1.29 is 23.1 Å². The Balaban J connectivity index is 2.26. The molecular weight excluding hydrogens is 296 g/mol. The molecular formula is C13H16N2O5S. The van der Waals surface area contributed by atoms with Gasteiger partial charge in [-0.2, -0.15) is 4.72 Å². The van der Waals surface area contributed by atoms with Crippen molar-refractivity contribution in [3.8, 4) is 0 Å². The first-order chi connectivity index (χ1) is 9.83. The molecule has 2 rings (SSSR count). The van der Waals surface area contributed by atoms with Crippen LogP contribution < -0.4 is 10.0 Å². The van der Waals surface area contributed by atoms with Gasteiger partial charge >= 0.3 is 5.97 Å². The Kier molecular flexibility index (Phi) is 4.29. The molecule has 0 saturated heterocycles. The van der Waals surface area contributed by atoms with Gasteiger partial charge < -0.3 is 10.4 Å². The van der Waals surface area contributed by atoms with Gasteiger partial charge in [-0.1, -0.05) is 13.3 Å². The highest BCUT2D eigenvalue weighted by atomic mass is 32.2. The number of benzene rings is 1. The van der Waals surface area contributed by atoms with Crippen LogP contribution in [0.3, 0.4) is 0 Å². The van der Waals surface area contributed by atoms with E-state index in [0.717, 1.165) is 0 Å². The highest BCUT2D eigenvalue weighted by molar-refractivity contribution is 7.89. The summed E-state index contributed by atoms with van der Waals surface area (Å²) in [4.78, 5) is 22.3. The second-order valence-electron chi connectivity index (χ2n) is 4.84. The lowest BCUT2D eigenvalue weighted by molar-refractivity contribution is -0.139. The zero-order valence-electron chi connectivity index (χ0n) is 11.4. The minimum absolute atomic E-state index is 0.0416. The molecule has 0 spiro atoms. The van der Waals surface area contributed by atoms with E-state index in [1.807, 2.05) is 0 Å². The summed E-state index contributed by atoms with van der Waals surface area (Å²) in [5.74, 6) is -1.40. The summed E-state index contributed by atoms with van der Waals surface area (Å²) >= 11 is 0. The summed E-state index contributed by atoms with van der Waals surface area (Å²) in [7, 11) is -3.94. The molecule has 1 heterocycles. The number of sulfonamides is 1. The molecule has 1 amide bonds. The Morgan fingerprint density at radius 3 is 2.81 bits per heavy atom. The first-order valence-electron chi connectivity index (χ1n) is 6.51. The van der Waals surface area contributed by atoms with E-state index in [-0.39, 0.29) is 23.6 Å². The van der Waals surface area contributed by atoms with Gasteiger partial charge in [0.15, 0.2) is 0 Å². The Labute approximate surface area is 122 Å². The standard InChI is InChI=1S/C13H16N2O5S/c1-2-3-11(13(17)18)15-21(19,20)9-4-5-10-8(6-9)7-12(16)14-10/h4-6,11,15H,2-3,7H2,1H3,(H,14,16)(H,17,18). The number of carbonyl (C=O) groups excluding carboxylic acids is 1. The van der Waals surface area contributed by atoms with E-state index < -0.39 is 22.0 Å². The topological polar surface area (TPSA) is 113 Å². The predicted molar refractivity (Wildman–Crippen MR) is 75.4 cm³/mol. The van der Waals surface area contributed by atoms with Gasteiger partial charge in [-0.25, -0.2) is 8.42 Å². The zero-order chi connectivity index (χ0) is 15.6. The first-order valence-corrected chi connectivity index (χ1v) is 7.99. The lowest BCUT2D eigenvalue weighted by atomic mass is 10.2. The monoisotopic (exact) mass is 312 g/mol. The van der Waals surface area contributed by atoms with Gasteiger partial charge in [0.05, 0.1) is 11.3 Å². The number of carboxylic acids is 1. The Morgan fingerprint density at radius 2 is 2.19 bits per heavy atom. The summed E-state index contributed by atoms with van der Waals surface area (Å²) in [5.41, 5.74) is 1.17. The molecule has 0 aliphatic carbocycles. The van der Waals surface area contributed by atoms with Crippen molar-refractivity contribution >= 4 is 27.6 Å². The largest absolute Gasteiger partial charge is 0.480 e. The molecule has 0 radical (unpaired) electrons. The quantitative estimate of drug-likeness (QED) is 0.716. The second-order valence-corrected chi connectivity index (χ2v) is 6.56. The second kappa shape index (κ2) is 5.82. The number of hydrogen-bond acceptors (Lipinski definition) is 4. The summed E-state index contributed by atoms with van der Waals surface area (Å²) in [6.45, 7) is 1.77. The van der Waals surface area contributed by atoms with Crippen LogP contribution in [0.4, 0.5) is 5.69 Å². The molecule has 1 aliphatic heterocycles. The third kappa shape index (κ3) is 3.40. The highest BCUT2D eigenvalue weighted by Crippen LogP contribution is 2.25. The fourth-order valence-electron chi connectivity index (χ4n) is 2.15. The summed E-state index contributed by atoms with van der Waals surface area (Å²) < 4.78 is 26.6. The molecule has 1 aromatic carbocycles. The van der Waals surface area contributed by atoms with Gasteiger partial charge in [0, 0.05) is 5.69 Å². The number of carbonyl (C=O) groups is 2. The number of nitrogens with one attached hydrogen (secondary N) is 2. The van der Waals surface area contributed by atoms with E-state index in [1.165, 1.54) is 18.2 Å². The number of fused-ring (bicyclic) bond motifs is 1. The van der Waals surface area contributed by atoms with Gasteiger partial charge in [-0.3, -0.25) is 9.59 Å². The molecule has 0 bridgehead atoms. The smallest absolute Gasteiger partial charge is 0.321 e. The lowest BCUT2D eigenvalue weighted by Crippen LogP contribution is -2.40. The van der Waals surface area contributed by atoms with Crippen LogP contribution in [0.25, 0.3) is 0 Å². The molecule has 1 atom stereocenters. The molecule has 0 fully saturated rings. The number of anilines is 1. The lowest BCUT2D eigenvalue weighted by Gasteiger charge is -2.14. The summed E-state index contributed by atoms with van der Waals surface area (Å²) in [5, 5.41) is 11.6. The van der Waals surface area contributed by atoms with Crippen molar-refractivity contribution in [2.45, 2.75) is 37.1 Å². The van der Waals surface area contributed by atoms with Crippen LogP contribution in [0.2, 0.25) is 0 Å². The van der Waals surface area contributed by atoms with Gasteiger partial charge in [0.2, 0.25) is 15.9 Å². The van der Waals surface area contributed by atoms with Crippen molar-refractivity contribution in [2.24, 2.45) is 0 Å². The fraction of sp³-hybridized carbons (Fsp3) is 0.385. The van der Waals surface area contributed by atoms with E-state index in [0.29, 0.717) is 17.7 Å². The average molecular weight is 312 g/mol. The number of aliphatic carboxylic acids is 1. The van der Waals surface area contributed by atoms with Crippen molar-refractivity contribution in [3.63, 3.8) is 0 Å². The van der Waals surface area contributed by atoms with Crippen molar-refractivity contribution in [1.82, 2.24) is 4.72 Å². The predicted octanol–water partition coefficient (Wildman–Crippen LogP) is 0.713. The first kappa shape index (κ1) is 15.5. The number of carboxylic acid groups (broad SMARTS) is 1. The molecule has 0 aromatic heterocycles. The van der Waals surface area contributed by atoms with Crippen LogP contribution in [0.15, 0.2) is 23.1 Å². The van der Waals surface area contributed by atoms with Crippen molar-refractivity contribution in [3.05, 3.63) is 23.8 Å². The van der Waals surface area contributed by atoms with Crippen LogP contribution in [-0.2, 0) is 26.0 Å². The van der Waals surface area contributed by atoms with Crippen LogP contribution in [0.1, 0.15) is 25.3 Å². The Morgan fingerprint density at radius 1 is 1.48 bits per heavy atom. The Hall–Kier alpha value is -1.93. The number of amides is 1. The molecule has 21 heavy (non-hydrogen) atoms. The van der Waals surface area contributed by atoms with E-state index >= 15 is 0 Å². The zero-order valence-corrected chi connectivity index (χ0v) is 12.2. The molecule has 0 saturated carbocycles. The summed E-state index contributed by atoms with van der Waals surface area (Å²) in [6, 6.07) is 3.08. The third-order valence-corrected chi connectivity index (χ3v) is 4.65. The molecule has 1 unspecified atom stereocenters.